The Morgan fingerprint density at radius 1 is 1.26 bits per heavy atom. The lowest BCUT2D eigenvalue weighted by Crippen LogP contribution is -2.47. The van der Waals surface area contributed by atoms with Gasteiger partial charge in [-0.3, -0.25) is 9.59 Å². The van der Waals surface area contributed by atoms with E-state index in [1.54, 1.807) is 18.3 Å². The van der Waals surface area contributed by atoms with Gasteiger partial charge in [0.15, 0.2) is 4.34 Å². The predicted octanol–water partition coefficient (Wildman–Crippen LogP) is 2.81. The van der Waals surface area contributed by atoms with Gasteiger partial charge in [0, 0.05) is 6.04 Å². The van der Waals surface area contributed by atoms with E-state index in [9.17, 15) is 9.59 Å². The summed E-state index contributed by atoms with van der Waals surface area (Å²) in [6, 6.07) is 7.46. The Labute approximate surface area is 144 Å². The van der Waals surface area contributed by atoms with Crippen LogP contribution < -0.4 is 10.6 Å². The molecule has 0 fully saturated rings. The average molecular weight is 351 g/mol. The summed E-state index contributed by atoms with van der Waals surface area (Å²) in [5, 5.41) is 5.57. The molecule has 0 saturated carbocycles. The van der Waals surface area contributed by atoms with Gasteiger partial charge in [-0.2, -0.15) is 0 Å². The van der Waals surface area contributed by atoms with Crippen molar-refractivity contribution in [2.45, 2.75) is 43.6 Å². The van der Waals surface area contributed by atoms with Gasteiger partial charge >= 0.3 is 0 Å². The van der Waals surface area contributed by atoms with Crippen LogP contribution in [-0.2, 0) is 9.59 Å². The molecule has 2 aromatic rings. The number of thiazole rings is 1. The second-order valence-corrected chi connectivity index (χ2v) is 7.60. The van der Waals surface area contributed by atoms with Crippen molar-refractivity contribution in [2.24, 2.45) is 0 Å². The van der Waals surface area contributed by atoms with Crippen LogP contribution in [0.2, 0.25) is 0 Å². The summed E-state index contributed by atoms with van der Waals surface area (Å²) in [5.74, 6) is -0.0698. The van der Waals surface area contributed by atoms with E-state index in [2.05, 4.69) is 15.6 Å². The number of nitrogens with zero attached hydrogens (tertiary/aromatic N) is 1. The summed E-state index contributed by atoms with van der Waals surface area (Å²) >= 11 is 2.96. The van der Waals surface area contributed by atoms with E-state index in [1.165, 1.54) is 11.8 Å². The SMILES string of the molecule is CCC(C)NC(=O)C(C)NC(=O)CSc1nc2ccccc2s1. The van der Waals surface area contributed by atoms with E-state index in [1.807, 2.05) is 38.1 Å². The fourth-order valence-corrected chi connectivity index (χ4v) is 3.74. The number of carbonyl (C=O) groups excluding carboxylic acids is 2. The standard InChI is InChI=1S/C16H21N3O2S2/c1-4-10(2)17-15(21)11(3)18-14(20)9-22-16-19-12-7-5-6-8-13(12)23-16/h5-8,10-11H,4,9H2,1-3H3,(H,17,21)(H,18,20). The van der Waals surface area contributed by atoms with Crippen molar-refractivity contribution >= 4 is 45.1 Å². The molecule has 1 heterocycles. The molecule has 124 valence electrons. The van der Waals surface area contributed by atoms with Crippen LogP contribution in [0.5, 0.6) is 0 Å². The van der Waals surface area contributed by atoms with Gasteiger partial charge in [-0.15, -0.1) is 11.3 Å². The second kappa shape index (κ2) is 8.31. The van der Waals surface area contributed by atoms with Crippen molar-refractivity contribution in [1.29, 1.82) is 0 Å². The highest BCUT2D eigenvalue weighted by molar-refractivity contribution is 8.01. The summed E-state index contributed by atoms with van der Waals surface area (Å²) in [6.07, 6.45) is 0.861. The Morgan fingerprint density at radius 3 is 2.70 bits per heavy atom. The zero-order valence-corrected chi connectivity index (χ0v) is 15.1. The number of hydrogen-bond donors (Lipinski definition) is 2. The van der Waals surface area contributed by atoms with Gasteiger partial charge in [-0.25, -0.2) is 4.98 Å². The van der Waals surface area contributed by atoms with Crippen LogP contribution in [0.15, 0.2) is 28.6 Å². The van der Waals surface area contributed by atoms with Gasteiger partial charge in [0.2, 0.25) is 11.8 Å². The van der Waals surface area contributed by atoms with Crippen molar-refractivity contribution in [3.05, 3.63) is 24.3 Å². The van der Waals surface area contributed by atoms with Crippen LogP contribution in [0.4, 0.5) is 0 Å². The van der Waals surface area contributed by atoms with Crippen LogP contribution in [-0.4, -0.2) is 34.6 Å². The van der Waals surface area contributed by atoms with Crippen molar-refractivity contribution in [1.82, 2.24) is 15.6 Å². The Hall–Kier alpha value is -1.60. The Morgan fingerprint density at radius 2 is 2.00 bits per heavy atom. The van der Waals surface area contributed by atoms with Gasteiger partial charge in [-0.1, -0.05) is 30.8 Å². The lowest BCUT2D eigenvalue weighted by Gasteiger charge is -2.17. The minimum Gasteiger partial charge on any atom is -0.352 e. The fourth-order valence-electron chi connectivity index (χ4n) is 1.86. The summed E-state index contributed by atoms with van der Waals surface area (Å²) in [5.41, 5.74) is 0.946. The van der Waals surface area contributed by atoms with Crippen molar-refractivity contribution < 1.29 is 9.59 Å². The lowest BCUT2D eigenvalue weighted by atomic mass is 10.2. The van der Waals surface area contributed by atoms with Gasteiger partial charge < -0.3 is 10.6 Å². The Bertz CT molecular complexity index is 654. The molecular formula is C16H21N3O2S2. The first-order chi connectivity index (χ1) is 11.0. The largest absolute Gasteiger partial charge is 0.352 e. The molecule has 2 rings (SSSR count). The molecule has 0 spiro atoms. The summed E-state index contributed by atoms with van der Waals surface area (Å²) in [7, 11) is 0. The number of rotatable bonds is 7. The number of benzene rings is 1. The minimum absolute atomic E-state index is 0.110. The third-order valence-corrected chi connectivity index (χ3v) is 5.55. The molecule has 1 aromatic heterocycles. The molecule has 0 bridgehead atoms. The molecule has 1 aromatic carbocycles. The number of hydrogen-bond acceptors (Lipinski definition) is 5. The van der Waals surface area contributed by atoms with Crippen molar-refractivity contribution in [3.63, 3.8) is 0 Å². The first-order valence-corrected chi connectivity index (χ1v) is 9.38. The van der Waals surface area contributed by atoms with E-state index in [4.69, 9.17) is 0 Å². The number of para-hydroxylation sites is 1. The highest BCUT2D eigenvalue weighted by Gasteiger charge is 2.17. The quantitative estimate of drug-likeness (QED) is 0.753. The number of amides is 2. The normalized spacial score (nSPS) is 13.5. The van der Waals surface area contributed by atoms with E-state index in [-0.39, 0.29) is 23.6 Å². The lowest BCUT2D eigenvalue weighted by molar-refractivity contribution is -0.127. The van der Waals surface area contributed by atoms with Crippen LogP contribution in [0.1, 0.15) is 27.2 Å². The first-order valence-electron chi connectivity index (χ1n) is 7.57. The fraction of sp³-hybridized carbons (Fsp3) is 0.438. The van der Waals surface area contributed by atoms with Crippen molar-refractivity contribution in [3.8, 4) is 0 Å². The minimum atomic E-state index is -0.535. The molecule has 0 saturated heterocycles. The zero-order chi connectivity index (χ0) is 16.8. The molecule has 5 nitrogen and oxygen atoms in total. The van der Waals surface area contributed by atoms with E-state index >= 15 is 0 Å². The first kappa shape index (κ1) is 17.7. The molecule has 0 aliphatic carbocycles. The Kier molecular flexibility index (Phi) is 6.41. The maximum Gasteiger partial charge on any atom is 0.242 e. The molecule has 2 unspecified atom stereocenters. The van der Waals surface area contributed by atoms with E-state index in [0.29, 0.717) is 0 Å². The summed E-state index contributed by atoms with van der Waals surface area (Å²) in [6.45, 7) is 5.64. The predicted molar refractivity (Wildman–Crippen MR) is 95.8 cm³/mol. The summed E-state index contributed by atoms with van der Waals surface area (Å²) in [4.78, 5) is 28.3. The molecule has 7 heteroatoms. The zero-order valence-electron chi connectivity index (χ0n) is 13.5. The van der Waals surface area contributed by atoms with Crippen LogP contribution in [0.3, 0.4) is 0 Å². The summed E-state index contributed by atoms with van der Waals surface area (Å²) < 4.78 is 1.97. The third-order valence-electron chi connectivity index (χ3n) is 3.37. The van der Waals surface area contributed by atoms with Gasteiger partial charge in [0.1, 0.15) is 6.04 Å². The molecular weight excluding hydrogens is 330 g/mol. The number of aromatic nitrogens is 1. The topological polar surface area (TPSA) is 71.1 Å². The van der Waals surface area contributed by atoms with Crippen LogP contribution in [0.25, 0.3) is 10.2 Å². The molecule has 0 aliphatic heterocycles. The molecule has 2 atom stereocenters. The monoisotopic (exact) mass is 351 g/mol. The van der Waals surface area contributed by atoms with Gasteiger partial charge in [0.05, 0.1) is 16.0 Å². The second-order valence-electron chi connectivity index (χ2n) is 5.34. The number of fused-ring (bicyclic) bond motifs is 1. The van der Waals surface area contributed by atoms with Crippen molar-refractivity contribution in [2.75, 3.05) is 5.75 Å². The number of thioether (sulfide) groups is 1. The third kappa shape index (κ3) is 5.21. The molecule has 0 aliphatic rings. The molecule has 0 radical (unpaired) electrons. The van der Waals surface area contributed by atoms with E-state index in [0.717, 1.165) is 21.0 Å². The highest BCUT2D eigenvalue weighted by atomic mass is 32.2. The Balaban J connectivity index is 1.81. The van der Waals surface area contributed by atoms with E-state index < -0.39 is 6.04 Å². The number of nitrogens with one attached hydrogen (secondary N) is 2. The average Bonchev–Trinajstić information content (AvgIpc) is 2.95. The van der Waals surface area contributed by atoms with Crippen LogP contribution in [0, 0.1) is 0 Å². The maximum atomic E-state index is 12.0. The molecule has 2 amide bonds. The van der Waals surface area contributed by atoms with Gasteiger partial charge in [0.25, 0.3) is 0 Å². The smallest absolute Gasteiger partial charge is 0.242 e. The molecule has 23 heavy (non-hydrogen) atoms. The highest BCUT2D eigenvalue weighted by Crippen LogP contribution is 2.28. The molecule has 2 N–H and O–H groups in total. The number of carbonyl (C=O) groups is 2. The van der Waals surface area contributed by atoms with Crippen LogP contribution >= 0.6 is 23.1 Å². The maximum absolute atomic E-state index is 12.0. The van der Waals surface area contributed by atoms with Gasteiger partial charge in [-0.05, 0) is 32.4 Å².